The smallest absolute Gasteiger partial charge is 0.265 e. The van der Waals surface area contributed by atoms with Gasteiger partial charge in [0.2, 0.25) is 0 Å². The molecule has 0 bridgehead atoms. The van der Waals surface area contributed by atoms with Gasteiger partial charge in [0.25, 0.3) is 5.91 Å². The Morgan fingerprint density at radius 1 is 1.27 bits per heavy atom. The van der Waals surface area contributed by atoms with Gasteiger partial charge >= 0.3 is 0 Å². The number of hydrogen-bond acceptors (Lipinski definition) is 3. The van der Waals surface area contributed by atoms with Crippen molar-refractivity contribution >= 4 is 40.3 Å². The van der Waals surface area contributed by atoms with E-state index in [1.807, 2.05) is 6.08 Å². The molecule has 5 heteroatoms. The van der Waals surface area contributed by atoms with Crippen molar-refractivity contribution < 1.29 is 4.79 Å². The largest absolute Gasteiger partial charge is 0.346 e. The van der Waals surface area contributed by atoms with Crippen molar-refractivity contribution in [1.29, 1.82) is 0 Å². The fourth-order valence-electron chi connectivity index (χ4n) is 3.54. The molecule has 1 aromatic rings. The van der Waals surface area contributed by atoms with Crippen LogP contribution in [0.4, 0.5) is 0 Å². The number of nitrogens with zero attached hydrogens (tertiary/aromatic N) is 2. The van der Waals surface area contributed by atoms with Crippen LogP contribution in [0.3, 0.4) is 0 Å². The van der Waals surface area contributed by atoms with Gasteiger partial charge in [-0.05, 0) is 44.4 Å². The van der Waals surface area contributed by atoms with Crippen molar-refractivity contribution in [2.24, 2.45) is 0 Å². The number of likely N-dealkylation sites (N-methyl/N-ethyl adjacent to an activating group) is 1. The number of hydrogen-bond donors (Lipinski definition) is 0. The van der Waals surface area contributed by atoms with E-state index in [0.29, 0.717) is 10.4 Å². The lowest BCUT2D eigenvalue weighted by Crippen LogP contribution is -2.22. The van der Waals surface area contributed by atoms with Gasteiger partial charge in [-0.1, -0.05) is 43.2 Å². The number of rotatable bonds is 2. The predicted octanol–water partition coefficient (Wildman–Crippen LogP) is 4.44. The Kier molecular flexibility index (Phi) is 4.46. The lowest BCUT2D eigenvalue weighted by Gasteiger charge is -2.26. The summed E-state index contributed by atoms with van der Waals surface area (Å²) < 4.78 is 3.11. The van der Waals surface area contributed by atoms with Crippen molar-refractivity contribution in [3.05, 3.63) is 27.9 Å². The van der Waals surface area contributed by atoms with E-state index in [9.17, 15) is 4.79 Å². The van der Waals surface area contributed by atoms with E-state index in [-0.39, 0.29) is 5.91 Å². The van der Waals surface area contributed by atoms with Gasteiger partial charge in [-0.25, -0.2) is 0 Å². The monoisotopic (exact) mass is 334 g/mol. The minimum absolute atomic E-state index is 0.0115. The second-order valence-electron chi connectivity index (χ2n) is 6.23. The summed E-state index contributed by atoms with van der Waals surface area (Å²) in [5, 5.41) is 0. The highest BCUT2D eigenvalue weighted by Gasteiger charge is 2.29. The van der Waals surface area contributed by atoms with E-state index >= 15 is 0 Å². The fraction of sp³-hybridized carbons (Fsp3) is 0.529. The van der Waals surface area contributed by atoms with E-state index in [0.717, 1.165) is 10.5 Å². The van der Waals surface area contributed by atoms with E-state index in [2.05, 4.69) is 24.5 Å². The summed E-state index contributed by atoms with van der Waals surface area (Å²) in [6, 6.07) is 2.82. The number of amides is 1. The van der Waals surface area contributed by atoms with Gasteiger partial charge in [0, 0.05) is 24.5 Å². The number of aryl methyl sites for hydroxylation is 1. The topological polar surface area (TPSA) is 25.2 Å². The van der Waals surface area contributed by atoms with Gasteiger partial charge in [-0.15, -0.1) is 0 Å². The molecule has 2 heterocycles. The molecule has 2 aliphatic rings. The van der Waals surface area contributed by atoms with Crippen LogP contribution in [0.2, 0.25) is 0 Å². The fourth-order valence-corrected chi connectivity index (χ4v) is 4.71. The summed E-state index contributed by atoms with van der Waals surface area (Å²) in [7, 11) is 1.74. The lowest BCUT2D eigenvalue weighted by molar-refractivity contribution is -0.121. The van der Waals surface area contributed by atoms with Gasteiger partial charge in [-0.2, -0.15) is 0 Å². The van der Waals surface area contributed by atoms with Crippen LogP contribution >= 0.6 is 24.0 Å². The molecule has 1 saturated heterocycles. The summed E-state index contributed by atoms with van der Waals surface area (Å²) >= 11 is 6.60. The van der Waals surface area contributed by atoms with Crippen molar-refractivity contribution in [3.63, 3.8) is 0 Å². The zero-order valence-electron chi connectivity index (χ0n) is 13.4. The molecule has 0 aromatic carbocycles. The molecule has 118 valence electrons. The van der Waals surface area contributed by atoms with Gasteiger partial charge < -0.3 is 4.57 Å². The maximum Gasteiger partial charge on any atom is 0.265 e. The first-order chi connectivity index (χ1) is 10.5. The second kappa shape index (κ2) is 6.20. The molecular formula is C17H22N2OS2. The third-order valence-electron chi connectivity index (χ3n) is 4.74. The minimum Gasteiger partial charge on any atom is -0.346 e. The van der Waals surface area contributed by atoms with E-state index in [4.69, 9.17) is 12.2 Å². The van der Waals surface area contributed by atoms with Gasteiger partial charge in [0.1, 0.15) is 4.32 Å². The standard InChI is InChI=1S/C17H22N2OS2/c1-11-9-13(10-15-16(20)18(3)17(21)22-15)12(2)19(11)14-7-5-4-6-8-14/h9-10,14H,4-8H2,1-3H3. The van der Waals surface area contributed by atoms with Crippen LogP contribution in [0.25, 0.3) is 6.08 Å². The molecule has 22 heavy (non-hydrogen) atoms. The first-order valence-corrected chi connectivity index (χ1v) is 9.11. The van der Waals surface area contributed by atoms with E-state index in [1.165, 1.54) is 55.3 Å². The van der Waals surface area contributed by atoms with Crippen LogP contribution in [0.15, 0.2) is 11.0 Å². The van der Waals surface area contributed by atoms with E-state index in [1.54, 1.807) is 11.9 Å². The molecule has 3 rings (SSSR count). The maximum absolute atomic E-state index is 12.2. The Labute approximate surface area is 141 Å². The predicted molar refractivity (Wildman–Crippen MR) is 97.0 cm³/mol. The number of carbonyl (C=O) groups excluding carboxylic acids is 1. The highest BCUT2D eigenvalue weighted by Crippen LogP contribution is 2.35. The first-order valence-electron chi connectivity index (χ1n) is 7.89. The molecule has 1 aliphatic heterocycles. The molecule has 2 fully saturated rings. The third kappa shape index (κ3) is 2.76. The Morgan fingerprint density at radius 2 is 1.95 bits per heavy atom. The summed E-state index contributed by atoms with van der Waals surface area (Å²) in [5.41, 5.74) is 3.71. The second-order valence-corrected chi connectivity index (χ2v) is 7.90. The SMILES string of the molecule is Cc1cc(C=C2SC(=S)N(C)C2=O)c(C)n1C1CCCCC1. The average molecular weight is 335 g/mol. The molecule has 0 unspecified atom stereocenters. The highest BCUT2D eigenvalue weighted by molar-refractivity contribution is 8.26. The van der Waals surface area contributed by atoms with Crippen LogP contribution in [0, 0.1) is 13.8 Å². The number of thiocarbonyl (C=S) groups is 1. The highest BCUT2D eigenvalue weighted by atomic mass is 32.2. The number of thioether (sulfide) groups is 1. The molecule has 0 spiro atoms. The van der Waals surface area contributed by atoms with Gasteiger partial charge in [0.15, 0.2) is 0 Å². The Balaban J connectivity index is 1.93. The normalized spacial score (nSPS) is 22.1. The van der Waals surface area contributed by atoms with Crippen LogP contribution in [-0.4, -0.2) is 26.7 Å². The summed E-state index contributed by atoms with van der Waals surface area (Å²) in [5.74, 6) is 0.0115. The Hall–Kier alpha value is -1.07. The van der Waals surface area contributed by atoms with Gasteiger partial charge in [0.05, 0.1) is 4.91 Å². The van der Waals surface area contributed by atoms with Crippen molar-refractivity contribution in [2.45, 2.75) is 52.0 Å². The van der Waals surface area contributed by atoms with E-state index < -0.39 is 0 Å². The Morgan fingerprint density at radius 3 is 2.55 bits per heavy atom. The van der Waals surface area contributed by atoms with Crippen molar-refractivity contribution in [3.8, 4) is 0 Å². The molecule has 1 aliphatic carbocycles. The van der Waals surface area contributed by atoms with Crippen LogP contribution in [-0.2, 0) is 4.79 Å². The molecule has 1 aromatic heterocycles. The maximum atomic E-state index is 12.2. The molecular weight excluding hydrogens is 312 g/mol. The minimum atomic E-state index is 0.0115. The molecule has 0 N–H and O–H groups in total. The van der Waals surface area contributed by atoms with Crippen LogP contribution in [0.5, 0.6) is 0 Å². The molecule has 0 radical (unpaired) electrons. The third-order valence-corrected chi connectivity index (χ3v) is 6.22. The molecule has 1 amide bonds. The molecule has 3 nitrogen and oxygen atoms in total. The lowest BCUT2D eigenvalue weighted by atomic mass is 9.95. The van der Waals surface area contributed by atoms with Gasteiger partial charge in [-0.3, -0.25) is 9.69 Å². The quantitative estimate of drug-likeness (QED) is 0.590. The summed E-state index contributed by atoms with van der Waals surface area (Å²) in [6.45, 7) is 4.34. The van der Waals surface area contributed by atoms with Crippen LogP contribution in [0.1, 0.15) is 55.1 Å². The summed E-state index contributed by atoms with van der Waals surface area (Å²) in [4.78, 5) is 14.4. The van der Waals surface area contributed by atoms with Crippen molar-refractivity contribution in [1.82, 2.24) is 9.47 Å². The first kappa shape index (κ1) is 15.8. The average Bonchev–Trinajstić information content (AvgIpc) is 2.92. The summed E-state index contributed by atoms with van der Waals surface area (Å²) in [6.07, 6.45) is 8.56. The zero-order chi connectivity index (χ0) is 15.9. The van der Waals surface area contributed by atoms with Crippen molar-refractivity contribution in [2.75, 3.05) is 7.05 Å². The number of carbonyl (C=O) groups is 1. The number of aromatic nitrogens is 1. The van der Waals surface area contributed by atoms with Crippen LogP contribution < -0.4 is 0 Å². The molecule has 0 atom stereocenters. The Bertz CT molecular complexity index is 654. The zero-order valence-corrected chi connectivity index (χ0v) is 15.0. The molecule has 1 saturated carbocycles.